The molecule has 0 saturated carbocycles. The average molecular weight is 345 g/mol. The molecule has 0 bridgehead atoms. The Bertz CT molecular complexity index is 936. The molecule has 0 atom stereocenters. The Kier molecular flexibility index (Phi) is 5.72. The van der Waals surface area contributed by atoms with Gasteiger partial charge in [-0.1, -0.05) is 36.4 Å². The van der Waals surface area contributed by atoms with Crippen LogP contribution in [0.3, 0.4) is 0 Å². The SMILES string of the molecule is O=C(/C=C/c1ccc2ccccc2c1)NCC(=O)NCc1ccncc1. The third-order valence-corrected chi connectivity index (χ3v) is 3.86. The summed E-state index contributed by atoms with van der Waals surface area (Å²) in [5.74, 6) is -0.550. The number of rotatable bonds is 6. The molecule has 26 heavy (non-hydrogen) atoms. The Balaban J connectivity index is 1.46. The molecule has 0 aliphatic rings. The molecule has 1 heterocycles. The number of aromatic nitrogens is 1. The molecule has 0 unspecified atom stereocenters. The van der Waals surface area contributed by atoms with Gasteiger partial charge in [-0.2, -0.15) is 0 Å². The van der Waals surface area contributed by atoms with E-state index in [1.54, 1.807) is 18.5 Å². The molecule has 2 amide bonds. The predicted molar refractivity (Wildman–Crippen MR) is 102 cm³/mol. The van der Waals surface area contributed by atoms with Crippen molar-refractivity contribution in [2.24, 2.45) is 0 Å². The Morgan fingerprint density at radius 1 is 0.923 bits per heavy atom. The first-order chi connectivity index (χ1) is 12.7. The van der Waals surface area contributed by atoms with E-state index in [1.807, 2.05) is 54.6 Å². The number of fused-ring (bicyclic) bond motifs is 1. The van der Waals surface area contributed by atoms with Gasteiger partial charge < -0.3 is 10.6 Å². The minimum atomic E-state index is -0.308. The minimum absolute atomic E-state index is 0.0635. The van der Waals surface area contributed by atoms with Gasteiger partial charge in [0.2, 0.25) is 11.8 Å². The molecule has 2 N–H and O–H groups in total. The van der Waals surface area contributed by atoms with Gasteiger partial charge in [-0.3, -0.25) is 14.6 Å². The first-order valence-corrected chi connectivity index (χ1v) is 8.31. The van der Waals surface area contributed by atoms with E-state index in [2.05, 4.69) is 15.6 Å². The molecule has 5 nitrogen and oxygen atoms in total. The number of carbonyl (C=O) groups excluding carboxylic acids is 2. The normalized spacial score (nSPS) is 10.8. The van der Waals surface area contributed by atoms with Crippen molar-refractivity contribution < 1.29 is 9.59 Å². The highest BCUT2D eigenvalue weighted by atomic mass is 16.2. The summed E-state index contributed by atoms with van der Waals surface area (Å²) < 4.78 is 0. The number of amides is 2. The topological polar surface area (TPSA) is 71.1 Å². The van der Waals surface area contributed by atoms with E-state index in [4.69, 9.17) is 0 Å². The van der Waals surface area contributed by atoms with E-state index in [1.165, 1.54) is 6.08 Å². The maximum Gasteiger partial charge on any atom is 0.244 e. The highest BCUT2D eigenvalue weighted by Gasteiger charge is 2.03. The highest BCUT2D eigenvalue weighted by Crippen LogP contribution is 2.16. The number of nitrogens with zero attached hydrogens (tertiary/aromatic N) is 1. The van der Waals surface area contributed by atoms with Gasteiger partial charge in [-0.15, -0.1) is 0 Å². The van der Waals surface area contributed by atoms with Crippen LogP contribution in [0, 0.1) is 0 Å². The molecule has 5 heteroatoms. The van der Waals surface area contributed by atoms with Crippen LogP contribution < -0.4 is 10.6 Å². The zero-order chi connectivity index (χ0) is 18.2. The van der Waals surface area contributed by atoms with Crippen molar-refractivity contribution in [3.63, 3.8) is 0 Å². The fourth-order valence-electron chi connectivity index (χ4n) is 2.47. The summed E-state index contributed by atoms with van der Waals surface area (Å²) in [6.45, 7) is 0.343. The molecule has 0 spiro atoms. The largest absolute Gasteiger partial charge is 0.350 e. The smallest absolute Gasteiger partial charge is 0.244 e. The average Bonchev–Trinajstić information content (AvgIpc) is 2.69. The maximum absolute atomic E-state index is 11.9. The van der Waals surface area contributed by atoms with E-state index in [-0.39, 0.29) is 18.4 Å². The molecule has 130 valence electrons. The van der Waals surface area contributed by atoms with Crippen molar-refractivity contribution in [2.45, 2.75) is 6.54 Å². The van der Waals surface area contributed by atoms with Crippen LogP contribution in [0.25, 0.3) is 16.8 Å². The second-order valence-electron chi connectivity index (χ2n) is 5.79. The van der Waals surface area contributed by atoms with E-state index in [0.717, 1.165) is 21.9 Å². The lowest BCUT2D eigenvalue weighted by Crippen LogP contribution is -2.35. The fraction of sp³-hybridized carbons (Fsp3) is 0.0952. The van der Waals surface area contributed by atoms with E-state index in [0.29, 0.717) is 6.54 Å². The van der Waals surface area contributed by atoms with Crippen LogP contribution in [0.1, 0.15) is 11.1 Å². The molecule has 1 aromatic heterocycles. The van der Waals surface area contributed by atoms with Gasteiger partial charge in [-0.05, 0) is 46.2 Å². The zero-order valence-electron chi connectivity index (χ0n) is 14.2. The van der Waals surface area contributed by atoms with E-state index >= 15 is 0 Å². The lowest BCUT2D eigenvalue weighted by atomic mass is 10.1. The highest BCUT2D eigenvalue weighted by molar-refractivity contribution is 5.95. The molecule has 0 aliphatic heterocycles. The van der Waals surface area contributed by atoms with Crippen molar-refractivity contribution in [3.8, 4) is 0 Å². The van der Waals surface area contributed by atoms with Gasteiger partial charge in [0, 0.05) is 25.0 Å². The van der Waals surface area contributed by atoms with Gasteiger partial charge >= 0.3 is 0 Å². The molecular weight excluding hydrogens is 326 g/mol. The standard InChI is InChI=1S/C21H19N3O2/c25-20(24-15-21(26)23-14-17-9-11-22-12-10-17)8-6-16-5-7-18-3-1-2-4-19(18)13-16/h1-13H,14-15H2,(H,23,26)(H,24,25)/b8-6+. The predicted octanol–water partition coefficient (Wildman–Crippen LogP) is 2.68. The summed E-state index contributed by atoms with van der Waals surface area (Å²) in [5, 5.41) is 7.59. The molecule has 0 aliphatic carbocycles. The lowest BCUT2D eigenvalue weighted by molar-refractivity contribution is -0.124. The van der Waals surface area contributed by atoms with Crippen LogP contribution in [0.2, 0.25) is 0 Å². The second-order valence-corrected chi connectivity index (χ2v) is 5.79. The summed E-state index contributed by atoms with van der Waals surface area (Å²) in [4.78, 5) is 27.6. The van der Waals surface area contributed by atoms with E-state index in [9.17, 15) is 9.59 Å². The Labute approximate surface area is 151 Å². The van der Waals surface area contributed by atoms with Gasteiger partial charge in [0.05, 0.1) is 6.54 Å². The van der Waals surface area contributed by atoms with Crippen molar-refractivity contribution in [3.05, 3.63) is 84.2 Å². The van der Waals surface area contributed by atoms with Crippen molar-refractivity contribution >= 4 is 28.7 Å². The minimum Gasteiger partial charge on any atom is -0.350 e. The summed E-state index contributed by atoms with van der Waals surface area (Å²) in [6, 6.07) is 17.7. The quantitative estimate of drug-likeness (QED) is 0.675. The molecule has 0 fully saturated rings. The number of hydrogen-bond acceptors (Lipinski definition) is 3. The van der Waals surface area contributed by atoms with Crippen LogP contribution >= 0.6 is 0 Å². The molecular formula is C21H19N3O2. The second kappa shape index (κ2) is 8.58. The van der Waals surface area contributed by atoms with Gasteiger partial charge in [0.15, 0.2) is 0 Å². The maximum atomic E-state index is 11.9. The first-order valence-electron chi connectivity index (χ1n) is 8.31. The monoisotopic (exact) mass is 345 g/mol. The first kappa shape index (κ1) is 17.4. The number of pyridine rings is 1. The number of nitrogens with one attached hydrogen (secondary N) is 2. The number of carbonyl (C=O) groups is 2. The molecule has 0 radical (unpaired) electrons. The molecule has 3 rings (SSSR count). The Morgan fingerprint density at radius 3 is 2.50 bits per heavy atom. The van der Waals surface area contributed by atoms with Crippen LogP contribution in [0.5, 0.6) is 0 Å². The van der Waals surface area contributed by atoms with Crippen LogP contribution in [-0.4, -0.2) is 23.3 Å². The molecule has 3 aromatic rings. The summed E-state index contributed by atoms with van der Waals surface area (Å²) in [5.41, 5.74) is 1.89. The van der Waals surface area contributed by atoms with Crippen LogP contribution in [0.15, 0.2) is 73.1 Å². The third-order valence-electron chi connectivity index (χ3n) is 3.86. The number of benzene rings is 2. The van der Waals surface area contributed by atoms with Gasteiger partial charge in [-0.25, -0.2) is 0 Å². The van der Waals surface area contributed by atoms with Crippen molar-refractivity contribution in [1.29, 1.82) is 0 Å². The van der Waals surface area contributed by atoms with Crippen molar-refractivity contribution in [1.82, 2.24) is 15.6 Å². The van der Waals surface area contributed by atoms with E-state index < -0.39 is 0 Å². The van der Waals surface area contributed by atoms with Gasteiger partial charge in [0.1, 0.15) is 0 Å². The zero-order valence-corrected chi connectivity index (χ0v) is 14.2. The lowest BCUT2D eigenvalue weighted by Gasteiger charge is -2.05. The van der Waals surface area contributed by atoms with Gasteiger partial charge in [0.25, 0.3) is 0 Å². The Hall–Kier alpha value is -3.47. The van der Waals surface area contributed by atoms with Crippen molar-refractivity contribution in [2.75, 3.05) is 6.54 Å². The summed E-state index contributed by atoms with van der Waals surface area (Å²) in [7, 11) is 0. The fourth-order valence-corrected chi connectivity index (χ4v) is 2.47. The Morgan fingerprint density at radius 2 is 1.69 bits per heavy atom. The third kappa shape index (κ3) is 5.01. The number of hydrogen-bond donors (Lipinski definition) is 2. The summed E-state index contributed by atoms with van der Waals surface area (Å²) >= 11 is 0. The van der Waals surface area contributed by atoms with Crippen LogP contribution in [0.4, 0.5) is 0 Å². The molecule has 2 aromatic carbocycles. The molecule has 0 saturated heterocycles. The summed E-state index contributed by atoms with van der Waals surface area (Å²) in [6.07, 6.45) is 6.50. The van der Waals surface area contributed by atoms with Crippen LogP contribution in [-0.2, 0) is 16.1 Å².